The molecule has 0 aliphatic heterocycles. The minimum absolute atomic E-state index is 0.131. The van der Waals surface area contributed by atoms with Crippen LogP contribution in [0.15, 0.2) is 36.5 Å². The Morgan fingerprint density at radius 1 is 1.31 bits per heavy atom. The molecule has 0 radical (unpaired) electrons. The number of aliphatic hydroxyl groups is 1. The molecule has 0 heterocycles. The number of carboxylic acid groups (broad SMARTS) is 1. The zero-order chi connectivity index (χ0) is 19.6. The maximum Gasteiger partial charge on any atom is 0.303 e. The van der Waals surface area contributed by atoms with Crippen LogP contribution < -0.4 is 0 Å². The van der Waals surface area contributed by atoms with Crippen molar-refractivity contribution in [1.82, 2.24) is 0 Å². The lowest BCUT2D eigenvalue weighted by molar-refractivity contribution is -0.137. The number of aliphatic hydroxyl groups excluding tert-OH is 1. The molecule has 3 nitrogen and oxygen atoms in total. The molecule has 0 aromatic carbocycles. The van der Waals surface area contributed by atoms with E-state index in [0.29, 0.717) is 32.1 Å². The van der Waals surface area contributed by atoms with Gasteiger partial charge in [0.05, 0.1) is 6.10 Å². The van der Waals surface area contributed by atoms with E-state index in [0.717, 1.165) is 24.5 Å². The van der Waals surface area contributed by atoms with Crippen LogP contribution in [0.5, 0.6) is 0 Å². The van der Waals surface area contributed by atoms with Crippen LogP contribution in [-0.4, -0.2) is 28.2 Å². The first-order valence-corrected chi connectivity index (χ1v) is 9.56. The number of aliphatic carboxylic acids is 1. The van der Waals surface area contributed by atoms with Crippen molar-refractivity contribution in [1.29, 1.82) is 0 Å². The van der Waals surface area contributed by atoms with Gasteiger partial charge < -0.3 is 10.2 Å². The zero-order valence-corrected chi connectivity index (χ0v) is 15.7. The topological polar surface area (TPSA) is 57.5 Å². The maximum absolute atomic E-state index is 14.0. The second kappa shape index (κ2) is 11.3. The largest absolute Gasteiger partial charge is 0.481 e. The number of allylic oxidation sites excluding steroid dienone is 4. The van der Waals surface area contributed by atoms with E-state index in [1.165, 1.54) is 6.08 Å². The summed E-state index contributed by atoms with van der Waals surface area (Å²) in [6, 6.07) is 0. The van der Waals surface area contributed by atoms with Gasteiger partial charge in [0.25, 0.3) is 5.92 Å². The van der Waals surface area contributed by atoms with Crippen LogP contribution in [0.25, 0.3) is 0 Å². The molecule has 0 saturated heterocycles. The molecule has 0 aromatic rings. The van der Waals surface area contributed by atoms with E-state index in [2.05, 4.69) is 6.58 Å². The zero-order valence-electron chi connectivity index (χ0n) is 15.7. The lowest BCUT2D eigenvalue weighted by atomic mass is 9.89. The predicted octanol–water partition coefficient (Wildman–Crippen LogP) is 5.51. The Labute approximate surface area is 155 Å². The van der Waals surface area contributed by atoms with Crippen LogP contribution in [0, 0.1) is 11.8 Å². The summed E-state index contributed by atoms with van der Waals surface area (Å²) in [7, 11) is 0. The quantitative estimate of drug-likeness (QED) is 0.352. The summed E-state index contributed by atoms with van der Waals surface area (Å²) in [5, 5.41) is 18.8. The van der Waals surface area contributed by atoms with Crippen molar-refractivity contribution >= 4 is 5.97 Å². The highest BCUT2D eigenvalue weighted by atomic mass is 19.3. The standard InChI is InChI=1S/C21H32F2O3/c1-3-4-9-13-21(22,23)14-12-17-16(2)15-19(24)18(17)10-7-5-6-8-11-20(25)26/h5,7,12,14,17-19,24H,2-4,6,8-11,13,15H2,1H3,(H,25,26)/b7-5-,14-12+/t17-,18+,19-/m0/s1. The van der Waals surface area contributed by atoms with Gasteiger partial charge in [0.2, 0.25) is 0 Å². The second-order valence-electron chi connectivity index (χ2n) is 7.19. The van der Waals surface area contributed by atoms with Gasteiger partial charge in [0.1, 0.15) is 0 Å². The molecule has 0 unspecified atom stereocenters. The molecule has 148 valence electrons. The first-order valence-electron chi connectivity index (χ1n) is 9.56. The molecule has 2 N–H and O–H groups in total. The molecule has 0 spiro atoms. The van der Waals surface area contributed by atoms with E-state index < -0.39 is 18.0 Å². The molecule has 0 bridgehead atoms. The molecule has 1 fully saturated rings. The number of halogens is 2. The Kier molecular flexibility index (Phi) is 9.78. The van der Waals surface area contributed by atoms with Crippen molar-refractivity contribution in [3.8, 4) is 0 Å². The second-order valence-corrected chi connectivity index (χ2v) is 7.19. The van der Waals surface area contributed by atoms with Crippen molar-refractivity contribution < 1.29 is 23.8 Å². The Morgan fingerprint density at radius 2 is 2.04 bits per heavy atom. The van der Waals surface area contributed by atoms with E-state index in [-0.39, 0.29) is 24.7 Å². The first-order chi connectivity index (χ1) is 12.3. The van der Waals surface area contributed by atoms with Gasteiger partial charge >= 0.3 is 5.97 Å². The Hall–Kier alpha value is -1.49. The van der Waals surface area contributed by atoms with Crippen LogP contribution in [0.3, 0.4) is 0 Å². The van der Waals surface area contributed by atoms with E-state index in [1.54, 1.807) is 0 Å². The number of alkyl halides is 2. The van der Waals surface area contributed by atoms with Gasteiger partial charge in [-0.2, -0.15) is 0 Å². The van der Waals surface area contributed by atoms with Gasteiger partial charge in [-0.1, -0.05) is 50.1 Å². The average molecular weight is 370 g/mol. The van der Waals surface area contributed by atoms with Gasteiger partial charge in [-0.25, -0.2) is 8.78 Å². The number of carboxylic acids is 1. The smallest absolute Gasteiger partial charge is 0.303 e. The maximum atomic E-state index is 14.0. The van der Waals surface area contributed by atoms with Crippen molar-refractivity contribution in [3.63, 3.8) is 0 Å². The van der Waals surface area contributed by atoms with E-state index in [9.17, 15) is 18.7 Å². The fourth-order valence-corrected chi connectivity index (χ4v) is 3.36. The normalized spacial score (nSPS) is 24.2. The van der Waals surface area contributed by atoms with Crippen molar-refractivity contribution in [2.75, 3.05) is 0 Å². The van der Waals surface area contributed by atoms with Crippen LogP contribution in [0.1, 0.15) is 64.7 Å². The minimum Gasteiger partial charge on any atom is -0.481 e. The third kappa shape index (κ3) is 8.26. The molecule has 0 aromatic heterocycles. The highest BCUT2D eigenvalue weighted by Crippen LogP contribution is 2.40. The number of carbonyl (C=O) groups is 1. The Bertz CT molecular complexity index is 511. The van der Waals surface area contributed by atoms with Crippen molar-refractivity contribution in [2.45, 2.75) is 76.7 Å². The number of hydrogen-bond acceptors (Lipinski definition) is 2. The van der Waals surface area contributed by atoms with Gasteiger partial charge in [0, 0.05) is 18.8 Å². The van der Waals surface area contributed by atoms with Crippen LogP contribution in [0.2, 0.25) is 0 Å². The number of unbranched alkanes of at least 4 members (excludes halogenated alkanes) is 3. The molecule has 1 aliphatic carbocycles. The highest BCUT2D eigenvalue weighted by Gasteiger charge is 2.36. The van der Waals surface area contributed by atoms with Gasteiger partial charge in [-0.3, -0.25) is 4.79 Å². The highest BCUT2D eigenvalue weighted by molar-refractivity contribution is 5.66. The number of hydrogen-bond donors (Lipinski definition) is 2. The summed E-state index contributed by atoms with van der Waals surface area (Å²) in [4.78, 5) is 10.5. The van der Waals surface area contributed by atoms with Crippen molar-refractivity contribution in [3.05, 3.63) is 36.5 Å². The Balaban J connectivity index is 2.58. The molecular weight excluding hydrogens is 338 g/mol. The van der Waals surface area contributed by atoms with Gasteiger partial charge in [0.15, 0.2) is 0 Å². The van der Waals surface area contributed by atoms with Crippen molar-refractivity contribution in [2.24, 2.45) is 11.8 Å². The summed E-state index contributed by atoms with van der Waals surface area (Å²) in [6.45, 7) is 5.93. The van der Waals surface area contributed by atoms with Gasteiger partial charge in [-0.05, 0) is 44.1 Å². The van der Waals surface area contributed by atoms with E-state index >= 15 is 0 Å². The minimum atomic E-state index is -2.82. The first kappa shape index (κ1) is 22.6. The third-order valence-corrected chi connectivity index (χ3v) is 4.90. The molecule has 26 heavy (non-hydrogen) atoms. The summed E-state index contributed by atoms with van der Waals surface area (Å²) in [5.74, 6) is -4.03. The van der Waals surface area contributed by atoms with Crippen LogP contribution in [0.4, 0.5) is 8.78 Å². The molecule has 0 amide bonds. The van der Waals surface area contributed by atoms with E-state index in [4.69, 9.17) is 5.11 Å². The Morgan fingerprint density at radius 3 is 2.69 bits per heavy atom. The monoisotopic (exact) mass is 370 g/mol. The lowest BCUT2D eigenvalue weighted by Gasteiger charge is -2.19. The fraction of sp³-hybridized carbons (Fsp3) is 0.667. The molecular formula is C21H32F2O3. The van der Waals surface area contributed by atoms with Crippen LogP contribution >= 0.6 is 0 Å². The third-order valence-electron chi connectivity index (χ3n) is 4.90. The number of rotatable bonds is 12. The molecule has 1 rings (SSSR count). The summed E-state index contributed by atoms with van der Waals surface area (Å²) < 4.78 is 27.9. The van der Waals surface area contributed by atoms with Crippen LogP contribution in [-0.2, 0) is 4.79 Å². The predicted molar refractivity (Wildman–Crippen MR) is 100 cm³/mol. The molecule has 5 heteroatoms. The summed E-state index contributed by atoms with van der Waals surface area (Å²) in [5.41, 5.74) is 0.794. The molecule has 3 atom stereocenters. The van der Waals surface area contributed by atoms with E-state index in [1.807, 2.05) is 19.1 Å². The summed E-state index contributed by atoms with van der Waals surface area (Å²) >= 11 is 0. The summed E-state index contributed by atoms with van der Waals surface area (Å²) in [6.07, 6.45) is 10.2. The lowest BCUT2D eigenvalue weighted by Crippen LogP contribution is -2.19. The molecule has 1 aliphatic rings. The SMILES string of the molecule is C=C1C[C@H](O)[C@H](C/C=C\CCCC(=O)O)[C@H]1/C=C/C(F)(F)CCCCC. The average Bonchev–Trinajstić information content (AvgIpc) is 2.82. The fourth-order valence-electron chi connectivity index (χ4n) is 3.36. The van der Waals surface area contributed by atoms with Gasteiger partial charge in [-0.15, -0.1) is 0 Å². The molecule has 1 saturated carbocycles.